The van der Waals surface area contributed by atoms with Gasteiger partial charge in [-0.2, -0.15) is 0 Å². The number of para-hydroxylation sites is 1. The number of carboxylic acids is 1. The smallest absolute Gasteiger partial charge is 0.326 e. The number of amides is 1. The summed E-state index contributed by atoms with van der Waals surface area (Å²) in [5.74, 6) is -1.83. The van der Waals surface area contributed by atoms with Crippen LogP contribution in [0.5, 0.6) is 0 Å². The Kier molecular flexibility index (Phi) is 6.43. The maximum absolute atomic E-state index is 12.8. The Labute approximate surface area is 168 Å². The second-order valence-electron chi connectivity index (χ2n) is 7.19. The Balaban J connectivity index is 1.78. The van der Waals surface area contributed by atoms with E-state index in [9.17, 15) is 19.5 Å². The van der Waals surface area contributed by atoms with E-state index in [1.807, 2.05) is 30.3 Å². The van der Waals surface area contributed by atoms with Crippen LogP contribution in [0.3, 0.4) is 0 Å². The first-order chi connectivity index (χ1) is 13.9. The molecule has 1 unspecified atom stereocenters. The van der Waals surface area contributed by atoms with Crippen molar-refractivity contribution in [1.29, 1.82) is 0 Å². The second kappa shape index (κ2) is 9.00. The summed E-state index contributed by atoms with van der Waals surface area (Å²) in [6.07, 6.45) is 3.08. The third kappa shape index (κ3) is 4.54. The molecule has 2 N–H and O–H groups in total. The van der Waals surface area contributed by atoms with E-state index in [1.54, 1.807) is 13.1 Å². The lowest BCUT2D eigenvalue weighted by Gasteiger charge is -2.27. The quantitative estimate of drug-likeness (QED) is 0.677. The van der Waals surface area contributed by atoms with Crippen molar-refractivity contribution < 1.29 is 24.2 Å². The highest BCUT2D eigenvalue weighted by Gasteiger charge is 2.37. The van der Waals surface area contributed by atoms with Crippen molar-refractivity contribution in [2.24, 2.45) is 0 Å². The SMILES string of the molecule is COC(=O)C(Cc1cccc2cccnc12)N[C@H](C)C(=O)N1CCC[C@H]1C(=O)O. The van der Waals surface area contributed by atoms with Gasteiger partial charge in [-0.05, 0) is 31.4 Å². The topological polar surface area (TPSA) is 109 Å². The number of ether oxygens (including phenoxy) is 1. The van der Waals surface area contributed by atoms with Gasteiger partial charge in [0.05, 0.1) is 18.7 Å². The number of nitrogens with zero attached hydrogens (tertiary/aromatic N) is 2. The monoisotopic (exact) mass is 399 g/mol. The van der Waals surface area contributed by atoms with E-state index in [4.69, 9.17) is 4.74 Å². The molecule has 2 heterocycles. The Hall–Kier alpha value is -3.00. The van der Waals surface area contributed by atoms with Crippen molar-refractivity contribution in [3.05, 3.63) is 42.1 Å². The van der Waals surface area contributed by atoms with Crippen molar-refractivity contribution in [3.8, 4) is 0 Å². The summed E-state index contributed by atoms with van der Waals surface area (Å²) in [5, 5.41) is 13.3. The molecule has 154 valence electrons. The van der Waals surface area contributed by atoms with E-state index in [0.717, 1.165) is 16.5 Å². The number of hydrogen-bond acceptors (Lipinski definition) is 6. The molecule has 8 nitrogen and oxygen atoms in total. The minimum atomic E-state index is -1.01. The van der Waals surface area contributed by atoms with E-state index in [0.29, 0.717) is 25.8 Å². The molecule has 8 heteroatoms. The molecule has 1 aromatic carbocycles. The summed E-state index contributed by atoms with van der Waals surface area (Å²) < 4.78 is 4.92. The van der Waals surface area contributed by atoms with Crippen LogP contribution in [-0.2, 0) is 25.5 Å². The maximum atomic E-state index is 12.8. The predicted octanol–water partition coefficient (Wildman–Crippen LogP) is 1.37. The second-order valence-corrected chi connectivity index (χ2v) is 7.19. The number of carbonyl (C=O) groups is 3. The Morgan fingerprint density at radius 2 is 2.07 bits per heavy atom. The van der Waals surface area contributed by atoms with Gasteiger partial charge < -0.3 is 14.7 Å². The molecule has 1 aromatic heterocycles. The average molecular weight is 399 g/mol. The number of pyridine rings is 1. The van der Waals surface area contributed by atoms with Crippen LogP contribution in [0.2, 0.25) is 0 Å². The van der Waals surface area contributed by atoms with Gasteiger partial charge in [0.15, 0.2) is 0 Å². The number of fused-ring (bicyclic) bond motifs is 1. The summed E-state index contributed by atoms with van der Waals surface area (Å²) in [6, 6.07) is 7.20. The lowest BCUT2D eigenvalue weighted by atomic mass is 10.0. The van der Waals surface area contributed by atoms with Crippen LogP contribution >= 0.6 is 0 Å². The largest absolute Gasteiger partial charge is 0.480 e. The Bertz CT molecular complexity index is 911. The minimum Gasteiger partial charge on any atom is -0.480 e. The van der Waals surface area contributed by atoms with Gasteiger partial charge >= 0.3 is 11.9 Å². The van der Waals surface area contributed by atoms with Crippen LogP contribution in [0.1, 0.15) is 25.3 Å². The van der Waals surface area contributed by atoms with Gasteiger partial charge in [0.25, 0.3) is 0 Å². The molecule has 29 heavy (non-hydrogen) atoms. The average Bonchev–Trinajstić information content (AvgIpc) is 3.22. The molecule has 2 aromatic rings. The van der Waals surface area contributed by atoms with E-state index in [1.165, 1.54) is 12.0 Å². The number of aliphatic carboxylic acids is 1. The number of likely N-dealkylation sites (tertiary alicyclic amines) is 1. The molecular formula is C21H25N3O5. The maximum Gasteiger partial charge on any atom is 0.326 e. The predicted molar refractivity (Wildman–Crippen MR) is 106 cm³/mol. The highest BCUT2D eigenvalue weighted by molar-refractivity contribution is 5.88. The number of benzene rings is 1. The number of methoxy groups -OCH3 is 1. The van der Waals surface area contributed by atoms with Gasteiger partial charge in [0.1, 0.15) is 12.1 Å². The zero-order valence-electron chi connectivity index (χ0n) is 16.5. The van der Waals surface area contributed by atoms with Crippen LogP contribution in [0.4, 0.5) is 0 Å². The van der Waals surface area contributed by atoms with Crippen molar-refractivity contribution in [1.82, 2.24) is 15.2 Å². The van der Waals surface area contributed by atoms with Crippen LogP contribution < -0.4 is 5.32 Å². The molecule has 3 atom stereocenters. The molecule has 0 aliphatic carbocycles. The van der Waals surface area contributed by atoms with Crippen LogP contribution in [-0.4, -0.2) is 64.6 Å². The van der Waals surface area contributed by atoms with E-state index in [2.05, 4.69) is 10.3 Å². The van der Waals surface area contributed by atoms with Gasteiger partial charge in [-0.1, -0.05) is 24.3 Å². The molecule has 0 bridgehead atoms. The fraction of sp³-hybridized carbons (Fsp3) is 0.429. The number of hydrogen-bond donors (Lipinski definition) is 2. The van der Waals surface area contributed by atoms with Gasteiger partial charge in [-0.25, -0.2) is 4.79 Å². The van der Waals surface area contributed by atoms with Gasteiger partial charge in [0.2, 0.25) is 5.91 Å². The summed E-state index contributed by atoms with van der Waals surface area (Å²) >= 11 is 0. The van der Waals surface area contributed by atoms with Crippen LogP contribution in [0.25, 0.3) is 10.9 Å². The summed E-state index contributed by atoms with van der Waals surface area (Å²) in [6.45, 7) is 2.04. The first kappa shape index (κ1) is 20.7. The minimum absolute atomic E-state index is 0.293. The summed E-state index contributed by atoms with van der Waals surface area (Å²) in [7, 11) is 1.30. The zero-order valence-corrected chi connectivity index (χ0v) is 16.5. The number of esters is 1. The Morgan fingerprint density at radius 1 is 1.31 bits per heavy atom. The lowest BCUT2D eigenvalue weighted by Crippen LogP contribution is -2.53. The molecule has 1 aliphatic heterocycles. The Morgan fingerprint density at radius 3 is 2.79 bits per heavy atom. The third-order valence-electron chi connectivity index (χ3n) is 5.27. The lowest BCUT2D eigenvalue weighted by molar-refractivity contribution is -0.149. The normalized spacial score (nSPS) is 18.4. The molecule has 1 aliphatic rings. The fourth-order valence-electron chi connectivity index (χ4n) is 3.81. The van der Waals surface area contributed by atoms with Crippen molar-refractivity contribution in [2.75, 3.05) is 13.7 Å². The molecule has 1 fully saturated rings. The molecule has 1 saturated heterocycles. The van der Waals surface area contributed by atoms with Gasteiger partial charge in [-0.3, -0.25) is 19.9 Å². The first-order valence-electron chi connectivity index (χ1n) is 9.62. The number of nitrogens with one attached hydrogen (secondary N) is 1. The van der Waals surface area contributed by atoms with E-state index in [-0.39, 0.29) is 5.91 Å². The molecule has 0 saturated carbocycles. The highest BCUT2D eigenvalue weighted by Crippen LogP contribution is 2.20. The van der Waals surface area contributed by atoms with E-state index >= 15 is 0 Å². The van der Waals surface area contributed by atoms with Crippen LogP contribution in [0, 0.1) is 0 Å². The van der Waals surface area contributed by atoms with Gasteiger partial charge in [-0.15, -0.1) is 0 Å². The summed E-state index contributed by atoms with van der Waals surface area (Å²) in [5.41, 5.74) is 1.64. The fourth-order valence-corrected chi connectivity index (χ4v) is 3.81. The number of carbonyl (C=O) groups excluding carboxylic acids is 2. The summed E-state index contributed by atoms with van der Waals surface area (Å²) in [4.78, 5) is 42.3. The molecule has 1 amide bonds. The molecule has 3 rings (SSSR count). The number of rotatable bonds is 7. The molecular weight excluding hydrogens is 374 g/mol. The van der Waals surface area contributed by atoms with Crippen molar-refractivity contribution >= 4 is 28.7 Å². The van der Waals surface area contributed by atoms with Gasteiger partial charge in [0, 0.05) is 24.5 Å². The molecule has 0 radical (unpaired) electrons. The van der Waals surface area contributed by atoms with Crippen LogP contribution in [0.15, 0.2) is 36.5 Å². The highest BCUT2D eigenvalue weighted by atomic mass is 16.5. The number of carboxylic acid groups (broad SMARTS) is 1. The first-order valence-corrected chi connectivity index (χ1v) is 9.62. The molecule has 0 spiro atoms. The standard InChI is InChI=1S/C21H25N3O5/c1-13(19(25)24-11-5-9-17(24)20(26)27)23-16(21(28)29-2)12-15-7-3-6-14-8-4-10-22-18(14)15/h3-4,6-8,10,13,16-17,23H,5,9,11-12H2,1-2H3,(H,26,27)/t13-,16?,17+/m1/s1. The van der Waals surface area contributed by atoms with E-state index < -0.39 is 30.1 Å². The third-order valence-corrected chi connectivity index (χ3v) is 5.27. The van der Waals surface area contributed by atoms with Crippen molar-refractivity contribution in [2.45, 2.75) is 44.3 Å². The van der Waals surface area contributed by atoms with Crippen molar-refractivity contribution in [3.63, 3.8) is 0 Å². The zero-order chi connectivity index (χ0) is 21.0. The number of aromatic nitrogens is 1.